The summed E-state index contributed by atoms with van der Waals surface area (Å²) in [6.45, 7) is 11.9. The highest BCUT2D eigenvalue weighted by molar-refractivity contribution is 6.48. The summed E-state index contributed by atoms with van der Waals surface area (Å²) >= 11 is 0. The SMILES string of the molecule is CCN1CN(CC)[SiH2]N(CC)[SiH2]1. The lowest BCUT2D eigenvalue weighted by molar-refractivity contribution is 0.269. The molecule has 1 rings (SSSR count). The molecule has 1 fully saturated rings. The molecule has 0 bridgehead atoms. The maximum absolute atomic E-state index is 2.75. The zero-order chi connectivity index (χ0) is 8.97. The van der Waals surface area contributed by atoms with Crippen LogP contribution < -0.4 is 0 Å². The molecule has 1 saturated heterocycles. The molecule has 0 amide bonds. The van der Waals surface area contributed by atoms with Gasteiger partial charge in [0, 0.05) is 6.67 Å². The van der Waals surface area contributed by atoms with Gasteiger partial charge in [-0.25, -0.2) is 0 Å². The molecule has 0 aliphatic carbocycles. The van der Waals surface area contributed by atoms with Crippen LogP contribution in [-0.4, -0.2) is 59.4 Å². The molecule has 0 unspecified atom stereocenters. The van der Waals surface area contributed by atoms with Crippen LogP contribution in [0.2, 0.25) is 0 Å². The van der Waals surface area contributed by atoms with E-state index in [0.717, 1.165) is 0 Å². The molecule has 12 heavy (non-hydrogen) atoms. The predicted octanol–water partition coefficient (Wildman–Crippen LogP) is -1.08. The first-order chi connectivity index (χ1) is 5.80. The van der Waals surface area contributed by atoms with Crippen molar-refractivity contribution >= 4 is 19.7 Å². The zero-order valence-electron chi connectivity index (χ0n) is 8.58. The second kappa shape index (κ2) is 5.13. The van der Waals surface area contributed by atoms with Crippen LogP contribution in [0, 0.1) is 0 Å². The fourth-order valence-electron chi connectivity index (χ4n) is 1.58. The molecule has 0 aromatic heterocycles. The Morgan fingerprint density at radius 2 is 1.42 bits per heavy atom. The van der Waals surface area contributed by atoms with Crippen molar-refractivity contribution < 1.29 is 0 Å². The van der Waals surface area contributed by atoms with E-state index in [-0.39, 0.29) is 19.7 Å². The van der Waals surface area contributed by atoms with Gasteiger partial charge in [0.25, 0.3) is 0 Å². The molecule has 0 aromatic rings. The summed E-state index contributed by atoms with van der Waals surface area (Å²) < 4.78 is 8.03. The summed E-state index contributed by atoms with van der Waals surface area (Å²) in [5.41, 5.74) is 0. The van der Waals surface area contributed by atoms with E-state index in [4.69, 9.17) is 0 Å². The molecule has 0 radical (unpaired) electrons. The van der Waals surface area contributed by atoms with Crippen LogP contribution in [-0.2, 0) is 0 Å². The lowest BCUT2D eigenvalue weighted by Crippen LogP contribution is -2.58. The lowest BCUT2D eigenvalue weighted by Gasteiger charge is -2.40. The van der Waals surface area contributed by atoms with E-state index in [1.54, 1.807) is 0 Å². The summed E-state index contributed by atoms with van der Waals surface area (Å²) in [7, 11) is -0.0360. The average molecular weight is 203 g/mol. The molecule has 0 N–H and O–H groups in total. The molecular formula is C7H21N3Si2. The molecule has 3 nitrogen and oxygen atoms in total. The zero-order valence-corrected chi connectivity index (χ0v) is 11.4. The van der Waals surface area contributed by atoms with Crippen LogP contribution in [0.5, 0.6) is 0 Å². The summed E-state index contributed by atoms with van der Waals surface area (Å²) in [6.07, 6.45) is 0. The van der Waals surface area contributed by atoms with Gasteiger partial charge in [-0.15, -0.1) is 0 Å². The van der Waals surface area contributed by atoms with Crippen LogP contribution >= 0.6 is 0 Å². The monoisotopic (exact) mass is 203 g/mol. The van der Waals surface area contributed by atoms with Gasteiger partial charge in [-0.2, -0.15) is 0 Å². The first-order valence-electron chi connectivity index (χ1n) is 4.97. The van der Waals surface area contributed by atoms with Crippen molar-refractivity contribution in [1.29, 1.82) is 0 Å². The van der Waals surface area contributed by atoms with Crippen molar-refractivity contribution in [3.63, 3.8) is 0 Å². The average Bonchev–Trinajstić information content (AvgIpc) is 2.16. The minimum absolute atomic E-state index is 0.0180. The molecule has 5 heteroatoms. The molecule has 0 saturated carbocycles. The lowest BCUT2D eigenvalue weighted by atomic mass is 10.7. The van der Waals surface area contributed by atoms with Crippen molar-refractivity contribution in [1.82, 2.24) is 13.4 Å². The van der Waals surface area contributed by atoms with E-state index in [2.05, 4.69) is 34.1 Å². The smallest absolute Gasteiger partial charge is 0.167 e. The highest BCUT2D eigenvalue weighted by atomic mass is 28.3. The molecule has 72 valence electrons. The number of rotatable bonds is 3. The third-order valence-electron chi connectivity index (χ3n) is 2.54. The van der Waals surface area contributed by atoms with E-state index in [1.807, 2.05) is 0 Å². The minimum atomic E-state index is -0.0180. The van der Waals surface area contributed by atoms with Crippen molar-refractivity contribution in [3.05, 3.63) is 0 Å². The molecule has 0 spiro atoms. The first kappa shape index (κ1) is 10.4. The molecule has 1 heterocycles. The largest absolute Gasteiger partial charge is 0.331 e. The fraction of sp³-hybridized carbons (Fsp3) is 1.00. The Hall–Kier alpha value is 0.314. The Bertz CT molecular complexity index is 104. The van der Waals surface area contributed by atoms with Crippen molar-refractivity contribution in [2.45, 2.75) is 20.8 Å². The van der Waals surface area contributed by atoms with Gasteiger partial charge < -0.3 is 13.4 Å². The van der Waals surface area contributed by atoms with Gasteiger partial charge in [0.05, 0.1) is 0 Å². The fourth-order valence-corrected chi connectivity index (χ4v) is 6.60. The van der Waals surface area contributed by atoms with Crippen molar-refractivity contribution in [3.8, 4) is 0 Å². The highest BCUT2D eigenvalue weighted by Gasteiger charge is 2.20. The van der Waals surface area contributed by atoms with E-state index in [1.165, 1.54) is 26.3 Å². The topological polar surface area (TPSA) is 9.72 Å². The molecular weight excluding hydrogens is 182 g/mol. The second-order valence-electron chi connectivity index (χ2n) is 3.39. The maximum Gasteiger partial charge on any atom is 0.167 e. The number of hydrogen-bond acceptors (Lipinski definition) is 3. The maximum atomic E-state index is 2.75. The van der Waals surface area contributed by atoms with Crippen LogP contribution in [0.25, 0.3) is 0 Å². The van der Waals surface area contributed by atoms with Gasteiger partial charge >= 0.3 is 0 Å². The third kappa shape index (κ3) is 2.67. The van der Waals surface area contributed by atoms with E-state index < -0.39 is 0 Å². The van der Waals surface area contributed by atoms with Crippen LogP contribution in [0.15, 0.2) is 0 Å². The van der Waals surface area contributed by atoms with Gasteiger partial charge in [0.15, 0.2) is 19.7 Å². The molecule has 0 atom stereocenters. The quantitative estimate of drug-likeness (QED) is 0.541. The summed E-state index contributed by atoms with van der Waals surface area (Å²) in [4.78, 5) is 0. The Morgan fingerprint density at radius 1 is 0.917 bits per heavy atom. The summed E-state index contributed by atoms with van der Waals surface area (Å²) in [5, 5.41) is 0. The van der Waals surface area contributed by atoms with Gasteiger partial charge in [0.2, 0.25) is 0 Å². The minimum Gasteiger partial charge on any atom is -0.331 e. The van der Waals surface area contributed by atoms with Crippen LogP contribution in [0.3, 0.4) is 0 Å². The van der Waals surface area contributed by atoms with E-state index >= 15 is 0 Å². The molecule has 1 aliphatic heterocycles. The van der Waals surface area contributed by atoms with E-state index in [9.17, 15) is 0 Å². The predicted molar refractivity (Wildman–Crippen MR) is 59.1 cm³/mol. The van der Waals surface area contributed by atoms with Crippen LogP contribution in [0.4, 0.5) is 0 Å². The van der Waals surface area contributed by atoms with Crippen molar-refractivity contribution in [2.75, 3.05) is 26.3 Å². The first-order valence-corrected chi connectivity index (χ1v) is 7.50. The Kier molecular flexibility index (Phi) is 4.45. The summed E-state index contributed by atoms with van der Waals surface area (Å²) in [6, 6.07) is 0. The molecule has 0 aromatic carbocycles. The third-order valence-corrected chi connectivity index (χ3v) is 7.53. The molecule has 1 aliphatic rings. The van der Waals surface area contributed by atoms with Gasteiger partial charge in [0.1, 0.15) is 0 Å². The van der Waals surface area contributed by atoms with E-state index in [0.29, 0.717) is 0 Å². The highest BCUT2D eigenvalue weighted by Crippen LogP contribution is 2.01. The Morgan fingerprint density at radius 3 is 1.75 bits per heavy atom. The number of hydrogen-bond donors (Lipinski definition) is 0. The van der Waals surface area contributed by atoms with Gasteiger partial charge in [-0.1, -0.05) is 20.8 Å². The number of nitrogens with zero attached hydrogens (tertiary/aromatic N) is 3. The Labute approximate surface area is 80.7 Å². The Balaban J connectivity index is 2.41. The second-order valence-corrected chi connectivity index (χ2v) is 8.42. The van der Waals surface area contributed by atoms with Gasteiger partial charge in [-0.3, -0.25) is 0 Å². The normalized spacial score (nSPS) is 27.2. The van der Waals surface area contributed by atoms with Crippen molar-refractivity contribution in [2.24, 2.45) is 0 Å². The summed E-state index contributed by atoms with van der Waals surface area (Å²) in [5.74, 6) is 0. The van der Waals surface area contributed by atoms with Crippen LogP contribution in [0.1, 0.15) is 20.8 Å². The van der Waals surface area contributed by atoms with Gasteiger partial charge in [-0.05, 0) is 19.6 Å². The standard InChI is InChI=1S/C7H21N3Si2/c1-4-8-7-9(5-2)12-10(6-3)11-8/h4-7,11-12H2,1-3H3.